The zero-order chi connectivity index (χ0) is 12.5. The Kier molecular flexibility index (Phi) is 6.75. The van der Waals surface area contributed by atoms with E-state index in [0.29, 0.717) is 0 Å². The molecule has 0 aliphatic heterocycles. The van der Waals surface area contributed by atoms with E-state index in [2.05, 4.69) is 36.1 Å². The first kappa shape index (κ1) is 14.1. The fourth-order valence-electron chi connectivity index (χ4n) is 2.38. The molecule has 17 heavy (non-hydrogen) atoms. The van der Waals surface area contributed by atoms with Gasteiger partial charge < -0.3 is 10.6 Å². The van der Waals surface area contributed by atoms with Crippen LogP contribution in [0.2, 0.25) is 0 Å². The van der Waals surface area contributed by atoms with Crippen molar-refractivity contribution < 1.29 is 0 Å². The van der Waals surface area contributed by atoms with Gasteiger partial charge in [0.15, 0.2) is 5.96 Å². The third kappa shape index (κ3) is 5.24. The van der Waals surface area contributed by atoms with Crippen molar-refractivity contribution in [1.29, 1.82) is 0 Å². The van der Waals surface area contributed by atoms with Crippen molar-refractivity contribution in [2.75, 3.05) is 19.6 Å². The summed E-state index contributed by atoms with van der Waals surface area (Å²) >= 11 is 0. The highest BCUT2D eigenvalue weighted by molar-refractivity contribution is 5.79. The fourth-order valence-corrected chi connectivity index (χ4v) is 2.38. The molecule has 2 unspecified atom stereocenters. The molecule has 0 aromatic carbocycles. The third-order valence-electron chi connectivity index (χ3n) is 3.53. The molecule has 1 aliphatic rings. The predicted molar refractivity (Wildman–Crippen MR) is 75.3 cm³/mol. The first-order valence-corrected chi connectivity index (χ1v) is 6.91. The monoisotopic (exact) mass is 237 g/mol. The van der Waals surface area contributed by atoms with Crippen molar-refractivity contribution >= 4 is 5.96 Å². The van der Waals surface area contributed by atoms with Crippen LogP contribution in [0, 0.1) is 11.8 Å². The Balaban J connectivity index is 2.42. The topological polar surface area (TPSA) is 36.4 Å². The standard InChI is InChI=1S/C14H27N3/c1-4-10-16-14(15-5-2)17-11-13-9-7-6-8-12(13)3/h4,12-13H,1,5-11H2,2-3H3,(H2,15,16,17). The van der Waals surface area contributed by atoms with E-state index in [1.807, 2.05) is 6.08 Å². The summed E-state index contributed by atoms with van der Waals surface area (Å²) in [6.07, 6.45) is 7.34. The second-order valence-electron chi connectivity index (χ2n) is 4.91. The minimum absolute atomic E-state index is 0.767. The number of aliphatic imine (C=N–C) groups is 1. The molecular formula is C14H27N3. The summed E-state index contributed by atoms with van der Waals surface area (Å²) in [5.41, 5.74) is 0. The van der Waals surface area contributed by atoms with Crippen LogP contribution in [-0.2, 0) is 0 Å². The largest absolute Gasteiger partial charge is 0.357 e. The summed E-state index contributed by atoms with van der Waals surface area (Å²) in [6, 6.07) is 0. The van der Waals surface area contributed by atoms with Crippen LogP contribution < -0.4 is 10.6 Å². The van der Waals surface area contributed by atoms with Gasteiger partial charge in [0.05, 0.1) is 0 Å². The summed E-state index contributed by atoms with van der Waals surface area (Å²) in [4.78, 5) is 4.67. The van der Waals surface area contributed by atoms with E-state index in [0.717, 1.165) is 37.4 Å². The van der Waals surface area contributed by atoms with Crippen LogP contribution in [0.5, 0.6) is 0 Å². The lowest BCUT2D eigenvalue weighted by molar-refractivity contribution is 0.263. The van der Waals surface area contributed by atoms with Gasteiger partial charge in [-0.15, -0.1) is 6.58 Å². The molecule has 0 aromatic rings. The second kappa shape index (κ2) is 8.15. The van der Waals surface area contributed by atoms with Gasteiger partial charge in [-0.05, 0) is 25.2 Å². The van der Waals surface area contributed by atoms with E-state index < -0.39 is 0 Å². The minimum atomic E-state index is 0.767. The van der Waals surface area contributed by atoms with Crippen LogP contribution >= 0.6 is 0 Å². The van der Waals surface area contributed by atoms with E-state index in [4.69, 9.17) is 0 Å². The number of rotatable bonds is 5. The van der Waals surface area contributed by atoms with Crippen molar-refractivity contribution in [3.05, 3.63) is 12.7 Å². The maximum atomic E-state index is 4.67. The van der Waals surface area contributed by atoms with E-state index in [1.54, 1.807) is 0 Å². The molecule has 0 spiro atoms. The molecule has 1 fully saturated rings. The van der Waals surface area contributed by atoms with E-state index in [-0.39, 0.29) is 0 Å². The Morgan fingerprint density at radius 1 is 1.35 bits per heavy atom. The molecule has 0 amide bonds. The molecule has 98 valence electrons. The average Bonchev–Trinajstić information content (AvgIpc) is 2.34. The molecule has 0 bridgehead atoms. The lowest BCUT2D eigenvalue weighted by atomic mass is 9.80. The maximum Gasteiger partial charge on any atom is 0.191 e. The zero-order valence-electron chi connectivity index (χ0n) is 11.3. The normalized spacial score (nSPS) is 25.4. The Bertz CT molecular complexity index is 248. The van der Waals surface area contributed by atoms with E-state index in [9.17, 15) is 0 Å². The second-order valence-corrected chi connectivity index (χ2v) is 4.91. The van der Waals surface area contributed by atoms with Crippen molar-refractivity contribution in [3.8, 4) is 0 Å². The van der Waals surface area contributed by atoms with Crippen LogP contribution in [0.1, 0.15) is 39.5 Å². The van der Waals surface area contributed by atoms with Gasteiger partial charge in [0.2, 0.25) is 0 Å². The van der Waals surface area contributed by atoms with Crippen LogP contribution in [0.25, 0.3) is 0 Å². The van der Waals surface area contributed by atoms with Crippen molar-refractivity contribution in [1.82, 2.24) is 10.6 Å². The molecule has 3 heteroatoms. The molecule has 3 nitrogen and oxygen atoms in total. The highest BCUT2D eigenvalue weighted by Gasteiger charge is 2.20. The lowest BCUT2D eigenvalue weighted by Crippen LogP contribution is -2.38. The van der Waals surface area contributed by atoms with Crippen LogP contribution in [0.4, 0.5) is 0 Å². The number of hydrogen-bond acceptors (Lipinski definition) is 1. The average molecular weight is 237 g/mol. The Labute approximate surface area is 106 Å². The van der Waals surface area contributed by atoms with Gasteiger partial charge in [-0.3, -0.25) is 4.99 Å². The lowest BCUT2D eigenvalue weighted by Gasteiger charge is -2.27. The van der Waals surface area contributed by atoms with Gasteiger partial charge in [-0.25, -0.2) is 0 Å². The van der Waals surface area contributed by atoms with Gasteiger partial charge >= 0.3 is 0 Å². The number of nitrogens with zero attached hydrogens (tertiary/aromatic N) is 1. The molecule has 0 heterocycles. The Morgan fingerprint density at radius 3 is 2.76 bits per heavy atom. The molecule has 1 aliphatic carbocycles. The summed E-state index contributed by atoms with van der Waals surface area (Å²) in [5, 5.41) is 6.51. The highest BCUT2D eigenvalue weighted by atomic mass is 15.2. The predicted octanol–water partition coefficient (Wildman–Crippen LogP) is 2.55. The number of hydrogen-bond donors (Lipinski definition) is 2. The first-order valence-electron chi connectivity index (χ1n) is 6.91. The smallest absolute Gasteiger partial charge is 0.191 e. The first-order chi connectivity index (χ1) is 8.27. The number of guanidine groups is 1. The highest BCUT2D eigenvalue weighted by Crippen LogP contribution is 2.29. The van der Waals surface area contributed by atoms with E-state index in [1.165, 1.54) is 25.7 Å². The molecule has 1 saturated carbocycles. The maximum absolute atomic E-state index is 4.67. The SMILES string of the molecule is C=CCNC(=NCC1CCCCC1C)NCC. The van der Waals surface area contributed by atoms with Crippen LogP contribution in [0.3, 0.4) is 0 Å². The van der Waals surface area contributed by atoms with E-state index >= 15 is 0 Å². The Morgan fingerprint density at radius 2 is 2.12 bits per heavy atom. The number of nitrogens with one attached hydrogen (secondary N) is 2. The van der Waals surface area contributed by atoms with Gasteiger partial charge in [0, 0.05) is 19.6 Å². The van der Waals surface area contributed by atoms with Crippen molar-refractivity contribution in [2.24, 2.45) is 16.8 Å². The molecule has 0 radical (unpaired) electrons. The summed E-state index contributed by atoms with van der Waals surface area (Å²) in [5.74, 6) is 2.52. The minimum Gasteiger partial charge on any atom is -0.357 e. The third-order valence-corrected chi connectivity index (χ3v) is 3.53. The molecule has 1 rings (SSSR count). The van der Waals surface area contributed by atoms with Crippen LogP contribution in [-0.4, -0.2) is 25.6 Å². The van der Waals surface area contributed by atoms with Gasteiger partial charge in [-0.1, -0.05) is 32.3 Å². The van der Waals surface area contributed by atoms with Crippen molar-refractivity contribution in [3.63, 3.8) is 0 Å². The van der Waals surface area contributed by atoms with Gasteiger partial charge in [-0.2, -0.15) is 0 Å². The zero-order valence-corrected chi connectivity index (χ0v) is 11.3. The fraction of sp³-hybridized carbons (Fsp3) is 0.786. The molecule has 0 aromatic heterocycles. The van der Waals surface area contributed by atoms with Crippen LogP contribution in [0.15, 0.2) is 17.6 Å². The summed E-state index contributed by atoms with van der Waals surface area (Å²) in [6.45, 7) is 10.8. The Hall–Kier alpha value is -0.990. The molecule has 2 N–H and O–H groups in total. The molecule has 2 atom stereocenters. The van der Waals surface area contributed by atoms with Gasteiger partial charge in [0.1, 0.15) is 0 Å². The molecule has 0 saturated heterocycles. The summed E-state index contributed by atoms with van der Waals surface area (Å²) < 4.78 is 0. The summed E-state index contributed by atoms with van der Waals surface area (Å²) in [7, 11) is 0. The van der Waals surface area contributed by atoms with Crippen molar-refractivity contribution in [2.45, 2.75) is 39.5 Å². The molecular weight excluding hydrogens is 210 g/mol. The quantitative estimate of drug-likeness (QED) is 0.438. The van der Waals surface area contributed by atoms with Gasteiger partial charge in [0.25, 0.3) is 0 Å².